The highest BCUT2D eigenvalue weighted by molar-refractivity contribution is 6.06. The number of aromatic nitrogens is 1. The van der Waals surface area contributed by atoms with Crippen molar-refractivity contribution in [3.8, 4) is 0 Å². The number of hydrogen-bond donors (Lipinski definition) is 1. The molecule has 2 heterocycles. The van der Waals surface area contributed by atoms with Gasteiger partial charge in [-0.15, -0.1) is 0 Å². The largest absolute Gasteiger partial charge is 0.384 e. The van der Waals surface area contributed by atoms with Gasteiger partial charge in [-0.25, -0.2) is 4.98 Å². The Labute approximate surface area is 123 Å². The Morgan fingerprint density at radius 3 is 2.67 bits per heavy atom. The van der Waals surface area contributed by atoms with Crippen molar-refractivity contribution in [3.63, 3.8) is 0 Å². The topological polar surface area (TPSA) is 68.5 Å². The van der Waals surface area contributed by atoms with Crippen LogP contribution in [0.4, 0.5) is 5.82 Å². The predicted octanol–water partition coefficient (Wildman–Crippen LogP) is 2.07. The number of rotatable bonds is 1. The van der Waals surface area contributed by atoms with E-state index < -0.39 is 0 Å². The van der Waals surface area contributed by atoms with Crippen LogP contribution >= 0.6 is 0 Å². The van der Waals surface area contributed by atoms with Crippen molar-refractivity contribution in [3.05, 3.63) is 35.9 Å². The number of carbonyl (C=O) groups excluding carboxylic acids is 1. The number of benzene rings is 1. The lowest BCUT2D eigenvalue weighted by Crippen LogP contribution is -2.48. The average Bonchev–Trinajstić information content (AvgIpc) is 2.44. The Balaban J connectivity index is 2.01. The molecule has 5 nitrogen and oxygen atoms in total. The van der Waals surface area contributed by atoms with Gasteiger partial charge in [0.05, 0.1) is 23.3 Å². The van der Waals surface area contributed by atoms with Crippen molar-refractivity contribution in [2.75, 3.05) is 18.8 Å². The summed E-state index contributed by atoms with van der Waals surface area (Å²) in [4.78, 5) is 19.0. The minimum absolute atomic E-state index is 0.0118. The molecule has 1 fully saturated rings. The number of hydrogen-bond acceptors (Lipinski definition) is 4. The van der Waals surface area contributed by atoms with Crippen molar-refractivity contribution >= 4 is 22.6 Å². The molecule has 0 aliphatic carbocycles. The fraction of sp³-hybridized carbons (Fsp3) is 0.375. The van der Waals surface area contributed by atoms with E-state index in [-0.39, 0.29) is 18.1 Å². The number of nitrogens with zero attached hydrogens (tertiary/aromatic N) is 2. The highest BCUT2D eigenvalue weighted by Gasteiger charge is 2.27. The number of ether oxygens (including phenoxy) is 1. The van der Waals surface area contributed by atoms with E-state index in [1.165, 1.54) is 0 Å². The Morgan fingerprint density at radius 2 is 1.95 bits per heavy atom. The summed E-state index contributed by atoms with van der Waals surface area (Å²) in [5.41, 5.74) is 7.20. The van der Waals surface area contributed by atoms with Crippen LogP contribution in [-0.2, 0) is 4.74 Å². The van der Waals surface area contributed by atoms with Crippen LogP contribution in [0.1, 0.15) is 24.2 Å². The summed E-state index contributed by atoms with van der Waals surface area (Å²) in [7, 11) is 0. The molecule has 1 aliphatic rings. The molecule has 2 N–H and O–H groups in total. The Morgan fingerprint density at radius 1 is 1.29 bits per heavy atom. The number of nitrogens with two attached hydrogens (primary N) is 1. The third-order valence-electron chi connectivity index (χ3n) is 3.67. The minimum Gasteiger partial charge on any atom is -0.384 e. The molecule has 5 heteroatoms. The van der Waals surface area contributed by atoms with Gasteiger partial charge in [0.2, 0.25) is 0 Å². The first-order chi connectivity index (χ1) is 10.0. The van der Waals surface area contributed by atoms with E-state index in [0.717, 1.165) is 10.9 Å². The minimum atomic E-state index is -0.0118. The highest BCUT2D eigenvalue weighted by Crippen LogP contribution is 2.22. The number of para-hydroxylation sites is 1. The lowest BCUT2D eigenvalue weighted by atomic mass is 10.1. The molecule has 1 aromatic carbocycles. The molecule has 1 amide bonds. The second kappa shape index (κ2) is 5.33. The summed E-state index contributed by atoms with van der Waals surface area (Å²) in [6, 6.07) is 9.23. The van der Waals surface area contributed by atoms with Gasteiger partial charge in [-0.05, 0) is 26.0 Å². The van der Waals surface area contributed by atoms with Gasteiger partial charge in [-0.3, -0.25) is 4.79 Å². The maximum absolute atomic E-state index is 12.8. The zero-order chi connectivity index (χ0) is 15.0. The molecule has 0 radical (unpaired) electrons. The number of amides is 1. The molecule has 0 bridgehead atoms. The molecule has 0 unspecified atom stereocenters. The molecule has 0 spiro atoms. The van der Waals surface area contributed by atoms with Crippen molar-refractivity contribution in [2.24, 2.45) is 0 Å². The molecule has 2 aromatic rings. The van der Waals surface area contributed by atoms with Gasteiger partial charge >= 0.3 is 0 Å². The molecular weight excluding hydrogens is 266 g/mol. The summed E-state index contributed by atoms with van der Waals surface area (Å²) >= 11 is 0. The van der Waals surface area contributed by atoms with Crippen molar-refractivity contribution in [2.45, 2.75) is 26.1 Å². The van der Waals surface area contributed by atoms with Gasteiger partial charge in [-0.2, -0.15) is 0 Å². The molecule has 110 valence electrons. The van der Waals surface area contributed by atoms with Crippen LogP contribution in [0, 0.1) is 0 Å². The maximum Gasteiger partial charge on any atom is 0.254 e. The van der Waals surface area contributed by atoms with Crippen molar-refractivity contribution < 1.29 is 9.53 Å². The summed E-state index contributed by atoms with van der Waals surface area (Å²) in [5.74, 6) is 0.355. The van der Waals surface area contributed by atoms with Crippen molar-refractivity contribution in [1.82, 2.24) is 9.88 Å². The van der Waals surface area contributed by atoms with Gasteiger partial charge < -0.3 is 15.4 Å². The van der Waals surface area contributed by atoms with Gasteiger partial charge in [-0.1, -0.05) is 18.2 Å². The van der Waals surface area contributed by atoms with Crippen LogP contribution < -0.4 is 5.73 Å². The Kier molecular flexibility index (Phi) is 3.51. The number of pyridine rings is 1. The Bertz CT molecular complexity index is 676. The fourth-order valence-electron chi connectivity index (χ4n) is 2.89. The number of fused-ring (bicyclic) bond motifs is 1. The van der Waals surface area contributed by atoms with Crippen LogP contribution in [0.5, 0.6) is 0 Å². The molecule has 1 aliphatic heterocycles. The molecule has 3 rings (SSSR count). The molecule has 0 saturated carbocycles. The maximum atomic E-state index is 12.8. The lowest BCUT2D eigenvalue weighted by molar-refractivity contribution is -0.0585. The van der Waals surface area contributed by atoms with Crippen molar-refractivity contribution in [1.29, 1.82) is 0 Å². The molecule has 1 saturated heterocycles. The second-order valence-electron chi connectivity index (χ2n) is 5.58. The standard InChI is InChI=1S/C16H19N3O2/c1-10-8-19(9-11(2)21-10)16(20)13-7-15(17)18-14-6-4-3-5-12(13)14/h3-7,10-11H,8-9H2,1-2H3,(H2,17,18)/t10-,11+. The lowest BCUT2D eigenvalue weighted by Gasteiger charge is -2.35. The van der Waals surface area contributed by atoms with E-state index in [9.17, 15) is 4.79 Å². The van der Waals surface area contributed by atoms with Crippen LogP contribution in [0.3, 0.4) is 0 Å². The predicted molar refractivity (Wildman–Crippen MR) is 82.1 cm³/mol. The molecule has 1 aromatic heterocycles. The van der Waals surface area contributed by atoms with E-state index in [4.69, 9.17) is 10.5 Å². The number of morpholine rings is 1. The second-order valence-corrected chi connectivity index (χ2v) is 5.58. The van der Waals surface area contributed by atoms with Crippen LogP contribution in [0.25, 0.3) is 10.9 Å². The van der Waals surface area contributed by atoms with E-state index in [1.54, 1.807) is 6.07 Å². The first-order valence-corrected chi connectivity index (χ1v) is 7.14. The average molecular weight is 285 g/mol. The number of anilines is 1. The zero-order valence-corrected chi connectivity index (χ0v) is 12.2. The molecular formula is C16H19N3O2. The summed E-state index contributed by atoms with van der Waals surface area (Å²) in [5, 5.41) is 0.837. The molecule has 2 atom stereocenters. The van der Waals surface area contributed by atoms with E-state index in [1.807, 2.05) is 43.0 Å². The number of nitrogen functional groups attached to an aromatic ring is 1. The fourth-order valence-corrected chi connectivity index (χ4v) is 2.89. The summed E-state index contributed by atoms with van der Waals surface area (Å²) in [6.45, 7) is 5.16. The van der Waals surface area contributed by atoms with E-state index >= 15 is 0 Å². The summed E-state index contributed by atoms with van der Waals surface area (Å²) < 4.78 is 5.68. The third kappa shape index (κ3) is 2.69. The van der Waals surface area contributed by atoms with Gasteiger partial charge in [0, 0.05) is 18.5 Å². The van der Waals surface area contributed by atoms with Crippen LogP contribution in [0.2, 0.25) is 0 Å². The molecule has 21 heavy (non-hydrogen) atoms. The smallest absolute Gasteiger partial charge is 0.254 e. The quantitative estimate of drug-likeness (QED) is 0.871. The highest BCUT2D eigenvalue weighted by atomic mass is 16.5. The first-order valence-electron chi connectivity index (χ1n) is 7.14. The van der Waals surface area contributed by atoms with Crippen LogP contribution in [0.15, 0.2) is 30.3 Å². The SMILES string of the molecule is C[C@@H]1CN(C(=O)c2cc(N)nc3ccccc23)C[C@H](C)O1. The first kappa shape index (κ1) is 13.8. The Hall–Kier alpha value is -2.14. The van der Waals surface area contributed by atoms with Crippen LogP contribution in [-0.4, -0.2) is 41.1 Å². The zero-order valence-electron chi connectivity index (χ0n) is 12.2. The summed E-state index contributed by atoms with van der Waals surface area (Å²) in [6.07, 6.45) is 0.0892. The van der Waals surface area contributed by atoms with Gasteiger partial charge in [0.1, 0.15) is 5.82 Å². The van der Waals surface area contributed by atoms with E-state index in [2.05, 4.69) is 4.98 Å². The third-order valence-corrected chi connectivity index (χ3v) is 3.67. The van der Waals surface area contributed by atoms with Gasteiger partial charge in [0.25, 0.3) is 5.91 Å². The normalized spacial score (nSPS) is 22.5. The van der Waals surface area contributed by atoms with Gasteiger partial charge in [0.15, 0.2) is 0 Å². The monoisotopic (exact) mass is 285 g/mol. The number of carbonyl (C=O) groups is 1. The van der Waals surface area contributed by atoms with E-state index in [0.29, 0.717) is 24.5 Å².